The van der Waals surface area contributed by atoms with Crippen molar-refractivity contribution in [3.05, 3.63) is 84.9 Å². The fourth-order valence-corrected chi connectivity index (χ4v) is 4.93. The maximum absolute atomic E-state index is 4.85. The zero-order valence-corrected chi connectivity index (χ0v) is 19.9. The fraction of sp³-hybridized carbons (Fsp3) is 0.276. The Morgan fingerprint density at radius 1 is 0.515 bits per heavy atom. The highest BCUT2D eigenvalue weighted by Crippen LogP contribution is 2.52. The average molecular weight is 431 g/mol. The molecule has 0 bridgehead atoms. The van der Waals surface area contributed by atoms with Crippen molar-refractivity contribution in [1.82, 2.24) is 15.0 Å². The maximum Gasteiger partial charge on any atom is 0.176 e. The Balaban J connectivity index is 1.52. The third-order valence-corrected chi connectivity index (χ3v) is 7.69. The minimum atomic E-state index is 0.347. The number of benzene rings is 3. The first-order valence-electron chi connectivity index (χ1n) is 11.8. The van der Waals surface area contributed by atoms with Crippen LogP contribution in [0.2, 0.25) is 12.6 Å². The Kier molecular flexibility index (Phi) is 5.40. The van der Waals surface area contributed by atoms with Crippen LogP contribution in [-0.4, -0.2) is 21.7 Å². The van der Waals surface area contributed by atoms with Gasteiger partial charge in [0, 0.05) is 16.7 Å². The second-order valence-corrected chi connectivity index (χ2v) is 10.5. The predicted molar refractivity (Wildman–Crippen MR) is 139 cm³/mol. The van der Waals surface area contributed by atoms with E-state index in [1.165, 1.54) is 18.1 Å². The van der Waals surface area contributed by atoms with Crippen molar-refractivity contribution in [3.63, 3.8) is 0 Å². The van der Waals surface area contributed by atoms with E-state index in [0.29, 0.717) is 35.0 Å². The monoisotopic (exact) mass is 431 g/mol. The summed E-state index contributed by atoms with van der Waals surface area (Å²) in [6.45, 7) is 10.2. The van der Waals surface area contributed by atoms with Gasteiger partial charge in [-0.1, -0.05) is 131 Å². The summed E-state index contributed by atoms with van der Waals surface area (Å²) in [5, 5.41) is 0. The molecule has 3 nitrogen and oxygen atoms in total. The normalized spacial score (nSPS) is 16.7. The lowest BCUT2D eigenvalue weighted by Crippen LogP contribution is -2.27. The van der Waals surface area contributed by atoms with Crippen molar-refractivity contribution in [1.29, 1.82) is 0 Å². The molecule has 4 heteroatoms. The predicted octanol–water partition coefficient (Wildman–Crippen LogP) is 6.64. The molecule has 1 aliphatic heterocycles. The van der Waals surface area contributed by atoms with Crippen LogP contribution in [0.15, 0.2) is 84.9 Å². The molecule has 0 N–H and O–H groups in total. The molecular weight excluding hydrogens is 401 g/mol. The third kappa shape index (κ3) is 4.22. The van der Waals surface area contributed by atoms with Crippen LogP contribution in [0.4, 0.5) is 0 Å². The van der Waals surface area contributed by atoms with Gasteiger partial charge < -0.3 is 0 Å². The number of rotatable bonds is 4. The van der Waals surface area contributed by atoms with Crippen molar-refractivity contribution >= 4 is 12.2 Å². The van der Waals surface area contributed by atoms with Crippen LogP contribution in [0.1, 0.15) is 27.7 Å². The molecule has 0 amide bonds. The lowest BCUT2D eigenvalue weighted by atomic mass is 9.42. The van der Waals surface area contributed by atoms with Gasteiger partial charge in [0.2, 0.25) is 0 Å². The van der Waals surface area contributed by atoms with E-state index in [1.807, 2.05) is 60.7 Å². The largest absolute Gasteiger partial charge is 0.208 e. The maximum atomic E-state index is 4.85. The van der Waals surface area contributed by atoms with Crippen LogP contribution in [0.25, 0.3) is 34.2 Å². The molecule has 5 rings (SSSR count). The molecule has 0 aliphatic carbocycles. The van der Waals surface area contributed by atoms with Crippen molar-refractivity contribution in [2.45, 2.75) is 40.3 Å². The molecule has 0 atom stereocenters. The first-order chi connectivity index (χ1) is 15.8. The topological polar surface area (TPSA) is 38.7 Å². The molecule has 0 radical (unpaired) electrons. The lowest BCUT2D eigenvalue weighted by molar-refractivity contribution is 0.177. The first-order valence-corrected chi connectivity index (χ1v) is 11.8. The molecule has 164 valence electrons. The van der Waals surface area contributed by atoms with Crippen molar-refractivity contribution in [2.24, 2.45) is 10.8 Å². The summed E-state index contributed by atoms with van der Waals surface area (Å²) in [5.74, 6) is 2.10. The summed E-state index contributed by atoms with van der Waals surface area (Å²) in [7, 11) is 0. The van der Waals surface area contributed by atoms with Crippen molar-refractivity contribution in [3.8, 4) is 34.2 Å². The molecule has 0 saturated carbocycles. The quantitative estimate of drug-likeness (QED) is 0.340. The number of hydrogen-bond donors (Lipinski definition) is 0. The Morgan fingerprint density at radius 2 is 0.879 bits per heavy atom. The van der Waals surface area contributed by atoms with E-state index in [0.717, 1.165) is 16.7 Å². The van der Waals surface area contributed by atoms with Gasteiger partial charge in [-0.2, -0.15) is 0 Å². The van der Waals surface area contributed by atoms with Gasteiger partial charge in [-0.3, -0.25) is 0 Å². The zero-order valence-electron chi connectivity index (χ0n) is 19.9. The summed E-state index contributed by atoms with van der Waals surface area (Å²) in [4.78, 5) is 14.5. The van der Waals surface area contributed by atoms with E-state index in [2.05, 4.69) is 52.0 Å². The molecule has 1 fully saturated rings. The highest BCUT2D eigenvalue weighted by molar-refractivity contribution is 6.74. The van der Waals surface area contributed by atoms with E-state index >= 15 is 0 Å². The molecule has 3 aromatic carbocycles. The van der Waals surface area contributed by atoms with Gasteiger partial charge in [-0.25, -0.2) is 15.0 Å². The molecule has 33 heavy (non-hydrogen) atoms. The fourth-order valence-electron chi connectivity index (χ4n) is 4.93. The Labute approximate surface area is 197 Å². The second-order valence-electron chi connectivity index (χ2n) is 10.5. The van der Waals surface area contributed by atoms with Crippen LogP contribution in [0, 0.1) is 10.8 Å². The van der Waals surface area contributed by atoms with Gasteiger partial charge in [0.25, 0.3) is 0 Å². The Hall–Kier alpha value is -3.27. The lowest BCUT2D eigenvalue weighted by Gasteiger charge is -2.35. The highest BCUT2D eigenvalue weighted by Gasteiger charge is 2.47. The summed E-state index contributed by atoms with van der Waals surface area (Å²) in [5.41, 5.74) is 5.11. The molecule has 1 saturated heterocycles. The number of aromatic nitrogens is 3. The molecule has 1 aliphatic rings. The minimum absolute atomic E-state index is 0.347. The van der Waals surface area contributed by atoms with Gasteiger partial charge in [-0.15, -0.1) is 0 Å². The van der Waals surface area contributed by atoms with Crippen LogP contribution < -0.4 is 5.46 Å². The van der Waals surface area contributed by atoms with Crippen molar-refractivity contribution in [2.75, 3.05) is 0 Å². The summed E-state index contributed by atoms with van der Waals surface area (Å²) >= 11 is 0. The Bertz CT molecular complexity index is 1180. The zero-order chi connectivity index (χ0) is 23.1. The smallest absolute Gasteiger partial charge is 0.176 e. The molecule has 0 spiro atoms. The second kappa shape index (κ2) is 8.26. The van der Waals surface area contributed by atoms with Gasteiger partial charge >= 0.3 is 0 Å². The number of nitrogens with zero attached hydrogens (tertiary/aromatic N) is 3. The molecule has 2 heterocycles. The SMILES string of the molecule is CC1(C)CB(c2ccc(-c3nc(-c4ccccc4)nc(-c4ccccc4)n3)cc2)CC1(C)C. The van der Waals surface area contributed by atoms with E-state index in [9.17, 15) is 0 Å². The molecule has 1 aromatic heterocycles. The summed E-state index contributed by atoms with van der Waals surface area (Å²) in [6, 6.07) is 29.1. The van der Waals surface area contributed by atoms with E-state index in [1.54, 1.807) is 0 Å². The summed E-state index contributed by atoms with van der Waals surface area (Å²) in [6.07, 6.45) is 2.45. The highest BCUT2D eigenvalue weighted by atomic mass is 15.0. The first kappa shape index (κ1) is 21.6. The Morgan fingerprint density at radius 3 is 1.27 bits per heavy atom. The van der Waals surface area contributed by atoms with E-state index in [4.69, 9.17) is 15.0 Å². The summed E-state index contributed by atoms with van der Waals surface area (Å²) < 4.78 is 0. The van der Waals surface area contributed by atoms with Crippen LogP contribution in [-0.2, 0) is 0 Å². The van der Waals surface area contributed by atoms with Gasteiger partial charge in [0.1, 0.15) is 0 Å². The molecular formula is C29H30BN3. The van der Waals surface area contributed by atoms with Crippen LogP contribution >= 0.6 is 0 Å². The van der Waals surface area contributed by atoms with Crippen molar-refractivity contribution < 1.29 is 0 Å². The minimum Gasteiger partial charge on any atom is -0.208 e. The third-order valence-electron chi connectivity index (χ3n) is 7.69. The van der Waals surface area contributed by atoms with Crippen LogP contribution in [0.5, 0.6) is 0 Å². The molecule has 0 unspecified atom stereocenters. The standard InChI is InChI=1S/C29H30BN3/c1-28(2)19-30(20-29(28,3)4)24-17-15-23(16-18-24)27-32-25(21-11-7-5-8-12-21)31-26(33-27)22-13-9-6-10-14-22/h5-18H,19-20H2,1-4H3. The number of hydrogen-bond acceptors (Lipinski definition) is 3. The van der Waals surface area contributed by atoms with E-state index < -0.39 is 0 Å². The van der Waals surface area contributed by atoms with E-state index in [-0.39, 0.29) is 0 Å². The van der Waals surface area contributed by atoms with Gasteiger partial charge in [0.15, 0.2) is 24.2 Å². The van der Waals surface area contributed by atoms with Gasteiger partial charge in [0.05, 0.1) is 0 Å². The van der Waals surface area contributed by atoms with Gasteiger partial charge in [-0.05, 0) is 10.8 Å². The average Bonchev–Trinajstić information content (AvgIpc) is 3.07. The van der Waals surface area contributed by atoms with Crippen LogP contribution in [0.3, 0.4) is 0 Å². The molecule has 4 aromatic rings.